The molecule has 3 nitrogen and oxygen atoms in total. The molecule has 0 radical (unpaired) electrons. The van der Waals surface area contributed by atoms with Gasteiger partial charge in [0.1, 0.15) is 0 Å². The summed E-state index contributed by atoms with van der Waals surface area (Å²) in [5.74, 6) is -0.909. The first kappa shape index (κ1) is 13.0. The molecule has 0 saturated carbocycles. The fraction of sp³-hybridized carbons (Fsp3) is 0.0714. The number of benzene rings is 2. The van der Waals surface area contributed by atoms with Crippen molar-refractivity contribution >= 4 is 28.6 Å². The third-order valence-electron chi connectivity index (χ3n) is 2.67. The molecule has 0 fully saturated rings. The van der Waals surface area contributed by atoms with Gasteiger partial charge in [0, 0.05) is 10.1 Å². The van der Waals surface area contributed by atoms with Crippen LogP contribution in [0.2, 0.25) is 0 Å². The van der Waals surface area contributed by atoms with Crippen LogP contribution in [0.4, 0.5) is 0 Å². The SMILES string of the molecule is NCc1ccc(-c2cc(I)cc(C(=O)O)c2)cc1. The Labute approximate surface area is 119 Å². The smallest absolute Gasteiger partial charge is 0.335 e. The van der Waals surface area contributed by atoms with Crippen LogP contribution in [0.1, 0.15) is 15.9 Å². The highest BCUT2D eigenvalue weighted by Gasteiger charge is 2.07. The number of carbonyl (C=O) groups is 1. The molecule has 4 heteroatoms. The third-order valence-corrected chi connectivity index (χ3v) is 3.29. The predicted octanol–water partition coefficient (Wildman–Crippen LogP) is 3.12. The molecule has 0 aliphatic heterocycles. The van der Waals surface area contributed by atoms with E-state index in [0.29, 0.717) is 12.1 Å². The summed E-state index contributed by atoms with van der Waals surface area (Å²) in [6.07, 6.45) is 0. The van der Waals surface area contributed by atoms with E-state index in [-0.39, 0.29) is 0 Å². The molecule has 92 valence electrons. The van der Waals surface area contributed by atoms with E-state index in [1.807, 2.05) is 30.3 Å². The van der Waals surface area contributed by atoms with Gasteiger partial charge in [0.15, 0.2) is 0 Å². The lowest BCUT2D eigenvalue weighted by Gasteiger charge is -2.06. The van der Waals surface area contributed by atoms with Gasteiger partial charge in [-0.25, -0.2) is 4.79 Å². The molecule has 0 aromatic heterocycles. The van der Waals surface area contributed by atoms with E-state index in [9.17, 15) is 4.79 Å². The van der Waals surface area contributed by atoms with Gasteiger partial charge in [-0.2, -0.15) is 0 Å². The number of carboxylic acids is 1. The van der Waals surface area contributed by atoms with Crippen LogP contribution in [0.25, 0.3) is 11.1 Å². The fourth-order valence-electron chi connectivity index (χ4n) is 1.71. The first-order valence-electron chi connectivity index (χ1n) is 5.43. The average molecular weight is 353 g/mol. The molecule has 0 aliphatic rings. The molecule has 2 rings (SSSR count). The van der Waals surface area contributed by atoms with Gasteiger partial charge in [0.05, 0.1) is 5.56 Å². The highest BCUT2D eigenvalue weighted by molar-refractivity contribution is 14.1. The largest absolute Gasteiger partial charge is 0.478 e. The van der Waals surface area contributed by atoms with Crippen LogP contribution in [0.15, 0.2) is 42.5 Å². The van der Waals surface area contributed by atoms with Crippen molar-refractivity contribution in [3.63, 3.8) is 0 Å². The Hall–Kier alpha value is -1.40. The lowest BCUT2D eigenvalue weighted by molar-refractivity contribution is 0.0697. The van der Waals surface area contributed by atoms with Gasteiger partial charge in [-0.15, -0.1) is 0 Å². The number of nitrogens with two attached hydrogens (primary N) is 1. The zero-order chi connectivity index (χ0) is 13.1. The summed E-state index contributed by atoms with van der Waals surface area (Å²) in [6.45, 7) is 0.507. The summed E-state index contributed by atoms with van der Waals surface area (Å²) in [4.78, 5) is 11.0. The van der Waals surface area contributed by atoms with E-state index in [1.54, 1.807) is 12.1 Å². The van der Waals surface area contributed by atoms with E-state index >= 15 is 0 Å². The zero-order valence-corrected chi connectivity index (χ0v) is 11.7. The van der Waals surface area contributed by atoms with Gasteiger partial charge in [0.2, 0.25) is 0 Å². The molecule has 0 bridgehead atoms. The van der Waals surface area contributed by atoms with E-state index in [1.165, 1.54) is 0 Å². The summed E-state index contributed by atoms with van der Waals surface area (Å²) >= 11 is 2.12. The number of hydrogen-bond donors (Lipinski definition) is 2. The van der Waals surface area contributed by atoms with Crippen LogP contribution >= 0.6 is 22.6 Å². The molecule has 0 unspecified atom stereocenters. The quantitative estimate of drug-likeness (QED) is 0.834. The van der Waals surface area contributed by atoms with E-state index in [2.05, 4.69) is 22.6 Å². The second kappa shape index (κ2) is 5.49. The van der Waals surface area contributed by atoms with Gasteiger partial charge < -0.3 is 10.8 Å². The van der Waals surface area contributed by atoms with Gasteiger partial charge in [-0.05, 0) is 57.5 Å². The van der Waals surface area contributed by atoms with Crippen molar-refractivity contribution in [1.82, 2.24) is 0 Å². The minimum absolute atomic E-state index is 0.305. The highest BCUT2D eigenvalue weighted by atomic mass is 127. The average Bonchev–Trinajstić information content (AvgIpc) is 2.38. The highest BCUT2D eigenvalue weighted by Crippen LogP contribution is 2.24. The summed E-state index contributed by atoms with van der Waals surface area (Å²) in [5.41, 5.74) is 8.81. The van der Waals surface area contributed by atoms with Crippen molar-refractivity contribution < 1.29 is 9.90 Å². The van der Waals surface area contributed by atoms with Gasteiger partial charge in [0.25, 0.3) is 0 Å². The van der Waals surface area contributed by atoms with Crippen molar-refractivity contribution in [2.45, 2.75) is 6.54 Å². The van der Waals surface area contributed by atoms with Crippen molar-refractivity contribution in [1.29, 1.82) is 0 Å². The molecule has 3 N–H and O–H groups in total. The summed E-state index contributed by atoms with van der Waals surface area (Å²) in [7, 11) is 0. The van der Waals surface area contributed by atoms with Crippen molar-refractivity contribution in [2.24, 2.45) is 5.73 Å². The van der Waals surface area contributed by atoms with Crippen LogP contribution in [0.5, 0.6) is 0 Å². The monoisotopic (exact) mass is 353 g/mol. The van der Waals surface area contributed by atoms with E-state index in [0.717, 1.165) is 20.3 Å². The normalized spacial score (nSPS) is 10.3. The van der Waals surface area contributed by atoms with Gasteiger partial charge in [-0.3, -0.25) is 0 Å². The van der Waals surface area contributed by atoms with Crippen molar-refractivity contribution in [3.8, 4) is 11.1 Å². The number of rotatable bonds is 3. The van der Waals surface area contributed by atoms with Crippen LogP contribution in [-0.4, -0.2) is 11.1 Å². The number of hydrogen-bond acceptors (Lipinski definition) is 2. The molecule has 0 heterocycles. The molecule has 0 aliphatic carbocycles. The van der Waals surface area contributed by atoms with Crippen LogP contribution in [0, 0.1) is 3.57 Å². The molecule has 0 saturated heterocycles. The maximum Gasteiger partial charge on any atom is 0.335 e. The third kappa shape index (κ3) is 2.88. The number of carboxylic acid groups (broad SMARTS) is 1. The summed E-state index contributed by atoms with van der Waals surface area (Å²) in [6, 6.07) is 13.1. The molecule has 18 heavy (non-hydrogen) atoms. The molecular weight excluding hydrogens is 341 g/mol. The molecule has 0 spiro atoms. The van der Waals surface area contributed by atoms with Crippen LogP contribution < -0.4 is 5.73 Å². The summed E-state index contributed by atoms with van der Waals surface area (Å²) in [5, 5.41) is 9.04. The Balaban J connectivity index is 2.46. The first-order chi connectivity index (χ1) is 8.60. The number of aromatic carboxylic acids is 1. The maximum absolute atomic E-state index is 11.0. The maximum atomic E-state index is 11.0. The first-order valence-corrected chi connectivity index (χ1v) is 6.51. The standard InChI is InChI=1S/C14H12INO2/c15-13-6-11(5-12(7-13)14(17)18)10-3-1-9(8-16)2-4-10/h1-7H,8,16H2,(H,17,18). The minimum atomic E-state index is -0.909. The molecule has 2 aromatic rings. The topological polar surface area (TPSA) is 63.3 Å². The lowest BCUT2D eigenvalue weighted by atomic mass is 10.0. The Morgan fingerprint density at radius 2 is 1.78 bits per heavy atom. The Morgan fingerprint density at radius 3 is 2.33 bits per heavy atom. The fourth-order valence-corrected chi connectivity index (χ4v) is 2.38. The molecular formula is C14H12INO2. The van der Waals surface area contributed by atoms with E-state index < -0.39 is 5.97 Å². The van der Waals surface area contributed by atoms with Crippen molar-refractivity contribution in [3.05, 3.63) is 57.2 Å². The predicted molar refractivity (Wildman–Crippen MR) is 79.4 cm³/mol. The molecule has 2 aromatic carbocycles. The minimum Gasteiger partial charge on any atom is -0.478 e. The molecule has 0 atom stereocenters. The second-order valence-electron chi connectivity index (χ2n) is 3.93. The zero-order valence-electron chi connectivity index (χ0n) is 9.56. The van der Waals surface area contributed by atoms with Gasteiger partial charge >= 0.3 is 5.97 Å². The Kier molecular flexibility index (Phi) is 3.98. The van der Waals surface area contributed by atoms with E-state index in [4.69, 9.17) is 10.8 Å². The van der Waals surface area contributed by atoms with Gasteiger partial charge in [-0.1, -0.05) is 24.3 Å². The summed E-state index contributed by atoms with van der Waals surface area (Å²) < 4.78 is 0.908. The lowest BCUT2D eigenvalue weighted by Crippen LogP contribution is -1.98. The van der Waals surface area contributed by atoms with Crippen LogP contribution in [-0.2, 0) is 6.54 Å². The Bertz CT molecular complexity index is 579. The Morgan fingerprint density at radius 1 is 1.11 bits per heavy atom. The van der Waals surface area contributed by atoms with Crippen LogP contribution in [0.3, 0.4) is 0 Å². The second-order valence-corrected chi connectivity index (χ2v) is 5.18. The van der Waals surface area contributed by atoms with Crippen molar-refractivity contribution in [2.75, 3.05) is 0 Å². The number of halogens is 1. The molecule has 0 amide bonds.